The first-order valence-electron chi connectivity index (χ1n) is 7.94. The number of thioether (sulfide) groups is 1. The molecule has 1 unspecified atom stereocenters. The molecule has 0 bridgehead atoms. The van der Waals surface area contributed by atoms with E-state index < -0.39 is 41.4 Å². The van der Waals surface area contributed by atoms with Crippen LogP contribution < -0.4 is 5.32 Å². The van der Waals surface area contributed by atoms with E-state index >= 15 is 0 Å². The number of Topliss-reactive ketones (excluding diaryl/α,β-unsaturated/α-hetero) is 1. The average molecular weight is 375 g/mol. The van der Waals surface area contributed by atoms with Crippen molar-refractivity contribution in [1.82, 2.24) is 5.32 Å². The van der Waals surface area contributed by atoms with Crippen LogP contribution in [0.4, 0.5) is 0 Å². The number of carbonyl (C=O) groups is 5. The van der Waals surface area contributed by atoms with Gasteiger partial charge in [-0.1, -0.05) is 25.6 Å². The fourth-order valence-corrected chi connectivity index (χ4v) is 2.27. The van der Waals surface area contributed by atoms with Crippen LogP contribution in [0.15, 0.2) is 0 Å². The lowest BCUT2D eigenvalue weighted by molar-refractivity contribution is -0.157. The Labute approximate surface area is 151 Å². The second-order valence-electron chi connectivity index (χ2n) is 5.70. The van der Waals surface area contributed by atoms with Crippen molar-refractivity contribution >= 4 is 40.5 Å². The minimum Gasteiger partial charge on any atom is -0.464 e. The molecule has 0 aromatic heterocycles. The van der Waals surface area contributed by atoms with Gasteiger partial charge in [0.25, 0.3) is 0 Å². The molecule has 1 N–H and O–H groups in total. The Kier molecular flexibility index (Phi) is 10.7. The quantitative estimate of drug-likeness (QED) is 0.339. The fourth-order valence-electron chi connectivity index (χ4n) is 1.46. The first kappa shape index (κ1) is 23.1. The van der Waals surface area contributed by atoms with Gasteiger partial charge in [0.2, 0.25) is 11.7 Å². The van der Waals surface area contributed by atoms with Gasteiger partial charge in [0.15, 0.2) is 5.12 Å². The molecule has 0 aromatic rings. The predicted molar refractivity (Wildman–Crippen MR) is 91.7 cm³/mol. The van der Waals surface area contributed by atoms with Crippen LogP contribution in [-0.2, 0) is 33.4 Å². The third kappa shape index (κ3) is 9.85. The normalized spacial score (nSPS) is 11.8. The minimum atomic E-state index is -1.07. The third-order valence-electron chi connectivity index (χ3n) is 2.70. The number of amides is 1. The van der Waals surface area contributed by atoms with Gasteiger partial charge in [-0.3, -0.25) is 14.4 Å². The first-order chi connectivity index (χ1) is 11.6. The summed E-state index contributed by atoms with van der Waals surface area (Å²) in [7, 11) is 0. The van der Waals surface area contributed by atoms with Crippen molar-refractivity contribution in [3.8, 4) is 0 Å². The highest BCUT2D eigenvalue weighted by atomic mass is 32.2. The van der Waals surface area contributed by atoms with Gasteiger partial charge in [-0.2, -0.15) is 0 Å². The van der Waals surface area contributed by atoms with Crippen LogP contribution >= 0.6 is 11.8 Å². The Morgan fingerprint density at radius 3 is 2.12 bits per heavy atom. The largest absolute Gasteiger partial charge is 0.464 e. The Morgan fingerprint density at radius 2 is 1.64 bits per heavy atom. The van der Waals surface area contributed by atoms with Gasteiger partial charge in [0, 0.05) is 11.7 Å². The van der Waals surface area contributed by atoms with E-state index in [1.54, 1.807) is 34.6 Å². The van der Waals surface area contributed by atoms with Crippen LogP contribution in [0, 0.1) is 5.92 Å². The zero-order chi connectivity index (χ0) is 19.6. The number of hydrogen-bond acceptors (Lipinski definition) is 8. The topological polar surface area (TPSA) is 116 Å². The molecular formula is C16H25NO7S. The molecule has 25 heavy (non-hydrogen) atoms. The Hall–Kier alpha value is -1.90. The summed E-state index contributed by atoms with van der Waals surface area (Å²) in [5.74, 6) is -3.48. The van der Waals surface area contributed by atoms with E-state index in [1.807, 2.05) is 0 Å². The highest BCUT2D eigenvalue weighted by molar-refractivity contribution is 8.13. The molecule has 0 spiro atoms. The molecular weight excluding hydrogens is 350 g/mol. The molecule has 1 amide bonds. The number of ether oxygens (including phenoxy) is 2. The molecule has 0 rings (SSSR count). The zero-order valence-corrected chi connectivity index (χ0v) is 15.9. The predicted octanol–water partition coefficient (Wildman–Crippen LogP) is 0.861. The van der Waals surface area contributed by atoms with Gasteiger partial charge in [0.1, 0.15) is 6.04 Å². The van der Waals surface area contributed by atoms with Crippen LogP contribution in [0.25, 0.3) is 0 Å². The molecule has 0 radical (unpaired) electrons. The summed E-state index contributed by atoms with van der Waals surface area (Å²) in [6.45, 7) is 8.25. The van der Waals surface area contributed by atoms with Gasteiger partial charge in [-0.25, -0.2) is 9.59 Å². The summed E-state index contributed by atoms with van der Waals surface area (Å²) < 4.78 is 9.57. The van der Waals surface area contributed by atoms with Gasteiger partial charge in [-0.15, -0.1) is 0 Å². The Morgan fingerprint density at radius 1 is 1.04 bits per heavy atom. The molecule has 9 heteroatoms. The molecule has 0 aliphatic heterocycles. The lowest BCUT2D eigenvalue weighted by Gasteiger charge is -2.17. The van der Waals surface area contributed by atoms with Crippen molar-refractivity contribution < 1.29 is 33.4 Å². The van der Waals surface area contributed by atoms with Crippen LogP contribution in [0.5, 0.6) is 0 Å². The number of esters is 2. The van der Waals surface area contributed by atoms with E-state index in [9.17, 15) is 24.0 Å². The maximum atomic E-state index is 11.9. The number of carbonyl (C=O) groups excluding carboxylic acids is 5. The molecule has 0 aliphatic rings. The molecule has 0 aliphatic carbocycles. The lowest BCUT2D eigenvalue weighted by Crippen LogP contribution is -2.45. The third-order valence-corrected chi connectivity index (χ3v) is 3.66. The van der Waals surface area contributed by atoms with Crippen LogP contribution in [0.3, 0.4) is 0 Å². The summed E-state index contributed by atoms with van der Waals surface area (Å²) in [5, 5.41) is 1.90. The highest BCUT2D eigenvalue weighted by Gasteiger charge is 2.26. The summed E-state index contributed by atoms with van der Waals surface area (Å²) >= 11 is 0.674. The average Bonchev–Trinajstić information content (AvgIpc) is 2.50. The molecule has 0 heterocycles. The maximum Gasteiger partial charge on any atom is 0.375 e. The SMILES string of the molecule is CCOC(=O)C(CSC(=O)CC(=O)C(=O)OC(C)C)NC(=O)C(C)C. The number of ketones is 1. The summed E-state index contributed by atoms with van der Waals surface area (Å²) in [4.78, 5) is 58.4. The van der Waals surface area contributed by atoms with Gasteiger partial charge < -0.3 is 14.8 Å². The van der Waals surface area contributed by atoms with E-state index in [4.69, 9.17) is 9.47 Å². The molecule has 1 atom stereocenters. The highest BCUT2D eigenvalue weighted by Crippen LogP contribution is 2.11. The minimum absolute atomic E-state index is 0.0946. The van der Waals surface area contributed by atoms with Crippen LogP contribution in [0.1, 0.15) is 41.0 Å². The first-order valence-corrected chi connectivity index (χ1v) is 8.93. The molecule has 0 saturated carbocycles. The summed E-state index contributed by atoms with van der Waals surface area (Å²) in [5.41, 5.74) is 0. The van der Waals surface area contributed by atoms with Crippen LogP contribution in [0.2, 0.25) is 0 Å². The van der Waals surface area contributed by atoms with Crippen molar-refractivity contribution in [2.24, 2.45) is 5.92 Å². The summed E-state index contributed by atoms with van der Waals surface area (Å²) in [6.07, 6.45) is -1.09. The van der Waals surface area contributed by atoms with E-state index in [0.717, 1.165) is 0 Å². The lowest BCUT2D eigenvalue weighted by atomic mass is 10.2. The van der Waals surface area contributed by atoms with E-state index in [2.05, 4.69) is 5.32 Å². The van der Waals surface area contributed by atoms with Gasteiger partial charge in [-0.05, 0) is 20.8 Å². The smallest absolute Gasteiger partial charge is 0.375 e. The molecule has 8 nitrogen and oxygen atoms in total. The van der Waals surface area contributed by atoms with Crippen molar-refractivity contribution in [2.45, 2.75) is 53.2 Å². The van der Waals surface area contributed by atoms with Gasteiger partial charge >= 0.3 is 11.9 Å². The second-order valence-corrected chi connectivity index (χ2v) is 6.78. The molecule has 0 aromatic carbocycles. The molecule has 142 valence electrons. The second kappa shape index (κ2) is 11.6. The van der Waals surface area contributed by atoms with Crippen molar-refractivity contribution in [2.75, 3.05) is 12.4 Å². The van der Waals surface area contributed by atoms with Crippen molar-refractivity contribution in [3.63, 3.8) is 0 Å². The fraction of sp³-hybridized carbons (Fsp3) is 0.688. The van der Waals surface area contributed by atoms with E-state index in [-0.39, 0.29) is 24.2 Å². The zero-order valence-electron chi connectivity index (χ0n) is 15.1. The molecule has 0 saturated heterocycles. The van der Waals surface area contributed by atoms with Crippen LogP contribution in [-0.4, -0.2) is 53.2 Å². The molecule has 0 fully saturated rings. The summed E-state index contributed by atoms with van der Waals surface area (Å²) in [6, 6.07) is -1.01. The standard InChI is InChI=1S/C16H25NO7S/c1-6-23-15(21)11(17-14(20)9(2)3)8-25-13(19)7-12(18)16(22)24-10(4)5/h9-11H,6-8H2,1-5H3,(H,17,20). The van der Waals surface area contributed by atoms with E-state index in [0.29, 0.717) is 11.8 Å². The van der Waals surface area contributed by atoms with Gasteiger partial charge in [0.05, 0.1) is 19.1 Å². The number of hydrogen-bond donors (Lipinski definition) is 1. The Balaban J connectivity index is 4.63. The number of nitrogens with one attached hydrogen (secondary N) is 1. The number of rotatable bonds is 10. The Bertz CT molecular complexity index is 517. The van der Waals surface area contributed by atoms with E-state index in [1.165, 1.54) is 0 Å². The van der Waals surface area contributed by atoms with Crippen molar-refractivity contribution in [3.05, 3.63) is 0 Å². The maximum absolute atomic E-state index is 11.9. The monoisotopic (exact) mass is 375 g/mol. The van der Waals surface area contributed by atoms with Crippen molar-refractivity contribution in [1.29, 1.82) is 0 Å².